The number of benzene rings is 2. The number of methoxy groups -OCH3 is 1. The Morgan fingerprint density at radius 2 is 1.71 bits per heavy atom. The molecule has 8 heteroatoms. The minimum absolute atomic E-state index is 0.108. The maximum absolute atomic E-state index is 12.6. The zero-order valence-electron chi connectivity index (χ0n) is 17.8. The van der Waals surface area contributed by atoms with Crippen LogP contribution in [0.15, 0.2) is 70.3 Å². The molecule has 0 radical (unpaired) electrons. The summed E-state index contributed by atoms with van der Waals surface area (Å²) in [5.41, 5.74) is 3.86. The molecule has 0 aliphatic carbocycles. The second kappa shape index (κ2) is 8.43. The average Bonchev–Trinajstić information content (AvgIpc) is 3.28. The van der Waals surface area contributed by atoms with E-state index in [1.807, 2.05) is 73.5 Å². The largest absolute Gasteiger partial charge is 0.465 e. The van der Waals surface area contributed by atoms with Crippen LogP contribution in [0, 0.1) is 6.92 Å². The van der Waals surface area contributed by atoms with Crippen LogP contribution in [0.2, 0.25) is 0 Å². The molecule has 0 aromatic heterocycles. The fourth-order valence-electron chi connectivity index (χ4n) is 3.49. The minimum atomic E-state index is -0.848. The number of hydrazone groups is 1. The molecule has 2 aromatic carbocycles. The molecule has 4 rings (SSSR count). The molecule has 1 spiro atoms. The van der Waals surface area contributed by atoms with Gasteiger partial charge in [-0.15, -0.1) is 0 Å². The molecule has 31 heavy (non-hydrogen) atoms. The minimum Gasteiger partial charge on any atom is -0.465 e. The van der Waals surface area contributed by atoms with E-state index in [1.54, 1.807) is 0 Å². The van der Waals surface area contributed by atoms with Gasteiger partial charge in [-0.05, 0) is 43.3 Å². The summed E-state index contributed by atoms with van der Waals surface area (Å²) in [6.45, 7) is 6.00. The first-order valence-electron chi connectivity index (χ1n) is 9.81. The van der Waals surface area contributed by atoms with Gasteiger partial charge in [-0.2, -0.15) is 5.10 Å². The number of nitrogens with zero attached hydrogens (tertiary/aromatic N) is 3. The summed E-state index contributed by atoms with van der Waals surface area (Å²) < 4.78 is 4.21. The Balaban J connectivity index is 1.84. The van der Waals surface area contributed by atoms with Crippen LogP contribution in [0.25, 0.3) is 0 Å². The SMILES string of the molecule is COC(=O)C1=C(C)N(Cc2ccccc2)[C@]2(SC(C(C)=O)=NN2c2ccc(C)cc2)S1. The highest BCUT2D eigenvalue weighted by Crippen LogP contribution is 2.59. The van der Waals surface area contributed by atoms with Crippen molar-refractivity contribution in [1.82, 2.24) is 4.90 Å². The fourth-order valence-corrected chi connectivity index (χ4v) is 6.44. The highest BCUT2D eigenvalue weighted by molar-refractivity contribution is 8.28. The van der Waals surface area contributed by atoms with Gasteiger partial charge in [0.25, 0.3) is 0 Å². The maximum Gasteiger partial charge on any atom is 0.346 e. The van der Waals surface area contributed by atoms with Gasteiger partial charge in [-0.25, -0.2) is 9.80 Å². The molecule has 0 N–H and O–H groups in total. The Morgan fingerprint density at radius 3 is 2.32 bits per heavy atom. The van der Waals surface area contributed by atoms with Crippen molar-refractivity contribution in [2.75, 3.05) is 12.1 Å². The zero-order chi connectivity index (χ0) is 22.2. The van der Waals surface area contributed by atoms with Crippen molar-refractivity contribution < 1.29 is 14.3 Å². The van der Waals surface area contributed by atoms with Crippen LogP contribution in [-0.4, -0.2) is 33.1 Å². The third-order valence-corrected chi connectivity index (χ3v) is 8.18. The first-order chi connectivity index (χ1) is 14.9. The lowest BCUT2D eigenvalue weighted by Gasteiger charge is -2.41. The number of aryl methyl sites for hydroxylation is 1. The van der Waals surface area contributed by atoms with Crippen LogP contribution in [0.5, 0.6) is 0 Å². The number of ketones is 1. The van der Waals surface area contributed by atoms with Crippen molar-refractivity contribution in [1.29, 1.82) is 0 Å². The molecule has 2 aliphatic heterocycles. The molecule has 2 aromatic rings. The summed E-state index contributed by atoms with van der Waals surface area (Å²) in [6.07, 6.45) is 0. The van der Waals surface area contributed by atoms with Crippen molar-refractivity contribution in [3.63, 3.8) is 0 Å². The smallest absolute Gasteiger partial charge is 0.346 e. The lowest BCUT2D eigenvalue weighted by molar-refractivity contribution is -0.135. The number of carbonyl (C=O) groups excluding carboxylic acids is 2. The Kier molecular flexibility index (Phi) is 5.85. The topological polar surface area (TPSA) is 62.2 Å². The normalized spacial score (nSPS) is 20.5. The number of thioether (sulfide) groups is 2. The monoisotopic (exact) mass is 453 g/mol. The van der Waals surface area contributed by atoms with Gasteiger partial charge in [0, 0.05) is 19.2 Å². The van der Waals surface area contributed by atoms with Crippen LogP contribution < -0.4 is 5.01 Å². The van der Waals surface area contributed by atoms with E-state index in [0.717, 1.165) is 22.5 Å². The van der Waals surface area contributed by atoms with Crippen LogP contribution in [0.3, 0.4) is 0 Å². The van der Waals surface area contributed by atoms with Crippen molar-refractivity contribution >= 4 is 46.0 Å². The van der Waals surface area contributed by atoms with Crippen LogP contribution in [0.4, 0.5) is 5.69 Å². The number of rotatable bonds is 5. The summed E-state index contributed by atoms with van der Waals surface area (Å²) in [7, 11) is 1.38. The lowest BCUT2D eigenvalue weighted by atomic mass is 10.2. The molecule has 2 heterocycles. The van der Waals surface area contributed by atoms with Gasteiger partial charge in [0.2, 0.25) is 4.33 Å². The van der Waals surface area contributed by atoms with E-state index in [1.165, 1.54) is 37.6 Å². The molecule has 0 bridgehead atoms. The third kappa shape index (κ3) is 3.85. The van der Waals surface area contributed by atoms with Crippen molar-refractivity contribution in [3.05, 3.63) is 76.3 Å². The predicted octanol–water partition coefficient (Wildman–Crippen LogP) is 4.72. The Labute approximate surface area is 190 Å². The van der Waals surface area contributed by atoms with Gasteiger partial charge in [0.1, 0.15) is 4.91 Å². The first kappa shape index (κ1) is 21.5. The number of allylic oxidation sites excluding steroid dienone is 1. The molecule has 160 valence electrons. The fraction of sp³-hybridized carbons (Fsp3) is 0.261. The number of ether oxygens (including phenoxy) is 1. The Morgan fingerprint density at radius 1 is 1.03 bits per heavy atom. The third-order valence-electron chi connectivity index (χ3n) is 5.13. The maximum atomic E-state index is 12.6. The van der Waals surface area contributed by atoms with E-state index in [4.69, 9.17) is 9.84 Å². The van der Waals surface area contributed by atoms with Crippen molar-refractivity contribution in [3.8, 4) is 0 Å². The quantitative estimate of drug-likeness (QED) is 0.607. The molecular formula is C23H23N3O3S2. The van der Waals surface area contributed by atoms with Crippen LogP contribution >= 0.6 is 23.5 Å². The zero-order valence-corrected chi connectivity index (χ0v) is 19.4. The van der Waals surface area contributed by atoms with Crippen molar-refractivity contribution in [2.24, 2.45) is 5.10 Å². The van der Waals surface area contributed by atoms with Crippen molar-refractivity contribution in [2.45, 2.75) is 31.6 Å². The average molecular weight is 454 g/mol. The van der Waals surface area contributed by atoms with E-state index in [-0.39, 0.29) is 5.78 Å². The lowest BCUT2D eigenvalue weighted by Crippen LogP contribution is -2.48. The predicted molar refractivity (Wildman–Crippen MR) is 126 cm³/mol. The number of esters is 1. The van der Waals surface area contributed by atoms with Gasteiger partial charge in [0.05, 0.1) is 12.8 Å². The van der Waals surface area contributed by atoms with E-state index in [0.29, 0.717) is 16.5 Å². The molecule has 1 atom stereocenters. The number of carbonyl (C=O) groups is 2. The molecular weight excluding hydrogens is 430 g/mol. The highest BCUT2D eigenvalue weighted by Gasteiger charge is 2.57. The summed E-state index contributed by atoms with van der Waals surface area (Å²) >= 11 is 2.73. The Hall–Kier alpha value is -2.71. The number of anilines is 1. The molecule has 0 saturated carbocycles. The first-order valence-corrected chi connectivity index (χ1v) is 11.4. The molecule has 6 nitrogen and oxygen atoms in total. The Bertz CT molecular complexity index is 1080. The molecule has 2 aliphatic rings. The molecule has 0 fully saturated rings. The highest BCUT2D eigenvalue weighted by atomic mass is 32.2. The summed E-state index contributed by atoms with van der Waals surface area (Å²) in [6, 6.07) is 18.0. The van der Waals surface area contributed by atoms with E-state index in [9.17, 15) is 9.59 Å². The van der Waals surface area contributed by atoms with E-state index in [2.05, 4.69) is 4.90 Å². The van der Waals surface area contributed by atoms with Gasteiger partial charge < -0.3 is 9.64 Å². The summed E-state index contributed by atoms with van der Waals surface area (Å²) in [5, 5.41) is 6.95. The van der Waals surface area contributed by atoms with Gasteiger partial charge in [0.15, 0.2) is 10.8 Å². The van der Waals surface area contributed by atoms with Crippen LogP contribution in [-0.2, 0) is 20.9 Å². The van der Waals surface area contributed by atoms with E-state index >= 15 is 0 Å². The molecule has 0 unspecified atom stereocenters. The number of hydrogen-bond donors (Lipinski definition) is 0. The van der Waals surface area contributed by atoms with E-state index < -0.39 is 10.3 Å². The number of Topliss-reactive ketones (excluding diaryl/α,β-unsaturated/α-hetero) is 1. The second-order valence-corrected chi connectivity index (χ2v) is 9.94. The summed E-state index contributed by atoms with van der Waals surface area (Å²) in [5.74, 6) is -0.499. The molecule has 0 saturated heterocycles. The number of hydrogen-bond acceptors (Lipinski definition) is 8. The molecule has 0 amide bonds. The van der Waals surface area contributed by atoms with Gasteiger partial charge >= 0.3 is 5.97 Å². The van der Waals surface area contributed by atoms with Crippen LogP contribution in [0.1, 0.15) is 25.0 Å². The summed E-state index contributed by atoms with van der Waals surface area (Å²) in [4.78, 5) is 27.6. The second-order valence-electron chi connectivity index (χ2n) is 7.34. The van der Waals surface area contributed by atoms with Gasteiger partial charge in [-0.3, -0.25) is 4.79 Å². The van der Waals surface area contributed by atoms with Gasteiger partial charge in [-0.1, -0.05) is 59.8 Å². The standard InChI is InChI=1S/C23H23N3O3S2/c1-15-10-12-19(13-11-15)26-23(31-21(24-26)17(3)27)25(14-18-8-6-5-7-9-18)16(2)20(30-23)22(28)29-4/h5-13H,14H2,1-4H3/t23-/m1/s1.